The lowest BCUT2D eigenvalue weighted by Crippen LogP contribution is -2.16. The summed E-state index contributed by atoms with van der Waals surface area (Å²) in [6.07, 6.45) is 1.47. The second-order valence-electron chi connectivity index (χ2n) is 7.19. The van der Waals surface area contributed by atoms with Crippen molar-refractivity contribution in [3.63, 3.8) is 0 Å². The van der Waals surface area contributed by atoms with Crippen LogP contribution in [0.5, 0.6) is 11.5 Å². The molecule has 0 fully saturated rings. The molecule has 4 aromatic rings. The molecule has 0 bridgehead atoms. The number of nitrogens with zero attached hydrogens (tertiary/aromatic N) is 1. The Hall–Kier alpha value is -4.30. The van der Waals surface area contributed by atoms with Crippen molar-refractivity contribution in [1.29, 1.82) is 0 Å². The Morgan fingerprint density at radius 3 is 2.59 bits per heavy atom. The average molecular weight is 479 g/mol. The monoisotopic (exact) mass is 478 g/mol. The van der Waals surface area contributed by atoms with Gasteiger partial charge in [-0.05, 0) is 65.7 Å². The van der Waals surface area contributed by atoms with Gasteiger partial charge in [-0.2, -0.15) is 5.10 Å². The molecule has 1 heterocycles. The third-order valence-electron chi connectivity index (χ3n) is 4.86. The number of fused-ring (bicyclic) bond motifs is 1. The second-order valence-corrected chi connectivity index (χ2v) is 7.63. The normalized spacial score (nSPS) is 11.0. The molecule has 1 amide bonds. The fourth-order valence-corrected chi connectivity index (χ4v) is 3.32. The highest BCUT2D eigenvalue weighted by Crippen LogP contribution is 2.28. The van der Waals surface area contributed by atoms with Crippen LogP contribution in [0.2, 0.25) is 5.02 Å². The minimum absolute atomic E-state index is 0.118. The van der Waals surface area contributed by atoms with E-state index in [0.717, 1.165) is 10.9 Å². The summed E-state index contributed by atoms with van der Waals surface area (Å²) in [4.78, 5) is 23.3. The summed E-state index contributed by atoms with van der Waals surface area (Å²) in [6.45, 7) is 0.239. The van der Waals surface area contributed by atoms with Gasteiger partial charge in [0.15, 0.2) is 17.3 Å². The number of aromatic carboxylic acids is 1. The van der Waals surface area contributed by atoms with Crippen LogP contribution in [0, 0.1) is 0 Å². The van der Waals surface area contributed by atoms with Crippen LogP contribution < -0.4 is 14.9 Å². The Bertz CT molecular complexity index is 1380. The standard InChI is InChI=1S/C25H19ClN2O6/c1-32-22-10-16(4-8-21(22)33-14-15-2-5-17(6-3-15)25(30)31)13-27-28-24(29)23-12-18-11-19(26)7-9-20(18)34-23/h2-13H,14H2,1H3,(H,28,29)(H,30,31)/b27-13-. The van der Waals surface area contributed by atoms with Gasteiger partial charge in [0.2, 0.25) is 0 Å². The molecule has 0 aliphatic heterocycles. The Morgan fingerprint density at radius 1 is 1.06 bits per heavy atom. The number of nitrogens with one attached hydrogen (secondary N) is 1. The van der Waals surface area contributed by atoms with Crippen molar-refractivity contribution < 1.29 is 28.6 Å². The first-order chi connectivity index (χ1) is 16.4. The first-order valence-electron chi connectivity index (χ1n) is 10.1. The van der Waals surface area contributed by atoms with Crippen molar-refractivity contribution in [2.75, 3.05) is 7.11 Å². The first kappa shape index (κ1) is 22.9. The van der Waals surface area contributed by atoms with Crippen LogP contribution in [0.25, 0.3) is 11.0 Å². The third-order valence-corrected chi connectivity index (χ3v) is 5.10. The highest BCUT2D eigenvalue weighted by Gasteiger charge is 2.12. The van der Waals surface area contributed by atoms with Crippen molar-refractivity contribution in [2.45, 2.75) is 6.61 Å². The number of methoxy groups -OCH3 is 1. The van der Waals surface area contributed by atoms with E-state index in [1.807, 2.05) is 0 Å². The average Bonchev–Trinajstić information content (AvgIpc) is 3.26. The van der Waals surface area contributed by atoms with Crippen LogP contribution in [-0.2, 0) is 6.61 Å². The number of carboxylic acids is 1. The number of ether oxygens (including phenoxy) is 2. The molecule has 0 unspecified atom stereocenters. The molecule has 9 heteroatoms. The lowest BCUT2D eigenvalue weighted by Gasteiger charge is -2.11. The molecule has 0 radical (unpaired) electrons. The van der Waals surface area contributed by atoms with Gasteiger partial charge in [0.05, 0.1) is 18.9 Å². The summed E-state index contributed by atoms with van der Waals surface area (Å²) in [5, 5.41) is 14.2. The molecule has 172 valence electrons. The van der Waals surface area contributed by atoms with E-state index < -0.39 is 11.9 Å². The van der Waals surface area contributed by atoms with Crippen LogP contribution in [0.3, 0.4) is 0 Å². The minimum Gasteiger partial charge on any atom is -0.493 e. The zero-order valence-corrected chi connectivity index (χ0v) is 18.7. The number of benzene rings is 3. The summed E-state index contributed by atoms with van der Waals surface area (Å²) < 4.78 is 16.7. The summed E-state index contributed by atoms with van der Waals surface area (Å²) >= 11 is 5.96. The van der Waals surface area contributed by atoms with Crippen molar-refractivity contribution in [1.82, 2.24) is 5.43 Å². The minimum atomic E-state index is -0.981. The predicted octanol–water partition coefficient (Wildman–Crippen LogP) is 5.14. The topological polar surface area (TPSA) is 110 Å². The van der Waals surface area contributed by atoms with Crippen LogP contribution in [0.1, 0.15) is 32.0 Å². The molecule has 2 N–H and O–H groups in total. The highest BCUT2D eigenvalue weighted by atomic mass is 35.5. The molecule has 0 aliphatic rings. The number of hydrazone groups is 1. The maximum absolute atomic E-state index is 12.3. The largest absolute Gasteiger partial charge is 0.493 e. The van der Waals surface area contributed by atoms with Gasteiger partial charge in [0.1, 0.15) is 12.2 Å². The molecule has 8 nitrogen and oxygen atoms in total. The van der Waals surface area contributed by atoms with Crippen LogP contribution in [0.15, 0.2) is 76.2 Å². The van der Waals surface area contributed by atoms with E-state index in [-0.39, 0.29) is 17.9 Å². The first-order valence-corrected chi connectivity index (χ1v) is 10.5. The van der Waals surface area contributed by atoms with E-state index in [2.05, 4.69) is 10.5 Å². The number of hydrogen-bond donors (Lipinski definition) is 2. The van der Waals surface area contributed by atoms with Crippen LogP contribution in [0.4, 0.5) is 0 Å². The number of carbonyl (C=O) groups excluding carboxylic acids is 1. The van der Waals surface area contributed by atoms with Crippen LogP contribution in [-0.4, -0.2) is 30.3 Å². The lowest BCUT2D eigenvalue weighted by atomic mass is 10.1. The smallest absolute Gasteiger partial charge is 0.335 e. The zero-order valence-electron chi connectivity index (χ0n) is 17.9. The summed E-state index contributed by atoms with van der Waals surface area (Å²) in [6, 6.07) is 18.3. The molecular formula is C25H19ClN2O6. The molecule has 0 aliphatic carbocycles. The van der Waals surface area contributed by atoms with Crippen LogP contribution >= 0.6 is 11.6 Å². The van der Waals surface area contributed by atoms with E-state index >= 15 is 0 Å². The van der Waals surface area contributed by atoms with Gasteiger partial charge in [-0.1, -0.05) is 23.7 Å². The van der Waals surface area contributed by atoms with Crippen molar-refractivity contribution >= 4 is 40.7 Å². The van der Waals surface area contributed by atoms with Gasteiger partial charge < -0.3 is 19.0 Å². The molecule has 3 aromatic carbocycles. The molecule has 0 saturated heterocycles. The number of rotatable bonds is 8. The summed E-state index contributed by atoms with van der Waals surface area (Å²) in [5.41, 5.74) is 4.67. The number of amides is 1. The number of halogens is 1. The van der Waals surface area contributed by atoms with Gasteiger partial charge in [-0.25, -0.2) is 10.2 Å². The molecule has 0 saturated carbocycles. The number of carboxylic acid groups (broad SMARTS) is 1. The quantitative estimate of drug-likeness (QED) is 0.268. The Labute approximate surface area is 199 Å². The molecule has 0 spiro atoms. The van der Waals surface area contributed by atoms with E-state index in [0.29, 0.717) is 27.7 Å². The van der Waals surface area contributed by atoms with Gasteiger partial charge >= 0.3 is 11.9 Å². The zero-order chi connectivity index (χ0) is 24.1. The fourth-order valence-electron chi connectivity index (χ4n) is 3.14. The number of furan rings is 1. The maximum Gasteiger partial charge on any atom is 0.335 e. The molecule has 4 rings (SSSR count). The van der Waals surface area contributed by atoms with Crippen molar-refractivity contribution in [3.05, 3.63) is 94.2 Å². The lowest BCUT2D eigenvalue weighted by molar-refractivity contribution is 0.0696. The van der Waals surface area contributed by atoms with E-state index in [1.54, 1.807) is 54.6 Å². The predicted molar refractivity (Wildman–Crippen MR) is 127 cm³/mol. The van der Waals surface area contributed by atoms with Gasteiger partial charge in [-0.15, -0.1) is 0 Å². The number of hydrogen-bond acceptors (Lipinski definition) is 6. The number of carbonyl (C=O) groups is 2. The molecular weight excluding hydrogens is 460 g/mol. The SMILES string of the molecule is COc1cc(/C=N\NC(=O)c2cc3cc(Cl)ccc3o2)ccc1OCc1ccc(C(=O)O)cc1. The van der Waals surface area contributed by atoms with Gasteiger partial charge in [0, 0.05) is 10.4 Å². The van der Waals surface area contributed by atoms with Crippen molar-refractivity contribution in [3.8, 4) is 11.5 Å². The molecule has 1 aromatic heterocycles. The van der Waals surface area contributed by atoms with Gasteiger partial charge in [0.25, 0.3) is 0 Å². The van der Waals surface area contributed by atoms with Gasteiger partial charge in [-0.3, -0.25) is 4.79 Å². The molecule has 0 atom stereocenters. The maximum atomic E-state index is 12.3. The Balaban J connectivity index is 1.38. The second kappa shape index (κ2) is 10.1. The summed E-state index contributed by atoms with van der Waals surface area (Å²) in [5.74, 6) is -0.375. The fraction of sp³-hybridized carbons (Fsp3) is 0.0800. The molecule has 34 heavy (non-hydrogen) atoms. The summed E-state index contributed by atoms with van der Waals surface area (Å²) in [7, 11) is 1.51. The Morgan fingerprint density at radius 2 is 1.85 bits per heavy atom. The Kier molecular flexibility index (Phi) is 6.79. The highest BCUT2D eigenvalue weighted by molar-refractivity contribution is 6.31. The van der Waals surface area contributed by atoms with E-state index in [1.165, 1.54) is 25.5 Å². The van der Waals surface area contributed by atoms with E-state index in [9.17, 15) is 9.59 Å². The van der Waals surface area contributed by atoms with E-state index in [4.69, 9.17) is 30.6 Å². The third kappa shape index (κ3) is 5.36. The van der Waals surface area contributed by atoms with Crippen molar-refractivity contribution in [2.24, 2.45) is 5.10 Å².